The Bertz CT molecular complexity index is 417. The number of rotatable bonds is 2. The number of aromatic nitrogens is 3. The van der Waals surface area contributed by atoms with Crippen molar-refractivity contribution >= 4 is 11.2 Å². The minimum Gasteiger partial charge on any atom is -0.329 e. The number of imidazole rings is 1. The number of pyridine rings is 1. The first kappa shape index (κ1) is 8.23. The number of nitrogens with zero attached hydrogens (tertiary/aromatic N) is 3. The Hall–Kier alpha value is -1.38. The Labute approximate surface area is 77.4 Å². The molecule has 0 radical (unpaired) electrons. The summed E-state index contributed by atoms with van der Waals surface area (Å²) in [5.74, 6) is 0. The van der Waals surface area contributed by atoms with E-state index in [1.54, 1.807) is 0 Å². The molecule has 3 nitrogen and oxygen atoms in total. The number of hydrogen-bond donors (Lipinski definition) is 0. The molecule has 0 aliphatic heterocycles. The molecular formula is C10H13N3. The molecule has 68 valence electrons. The van der Waals surface area contributed by atoms with E-state index in [2.05, 4.69) is 34.4 Å². The van der Waals surface area contributed by atoms with Crippen LogP contribution in [0.4, 0.5) is 0 Å². The molecule has 0 N–H and O–H groups in total. The van der Waals surface area contributed by atoms with Gasteiger partial charge in [-0.1, -0.05) is 6.92 Å². The molecule has 0 aromatic carbocycles. The summed E-state index contributed by atoms with van der Waals surface area (Å²) in [7, 11) is 0. The van der Waals surface area contributed by atoms with Crippen LogP contribution in [0.2, 0.25) is 0 Å². The molecule has 0 atom stereocenters. The summed E-state index contributed by atoms with van der Waals surface area (Å²) in [6.45, 7) is 5.23. The van der Waals surface area contributed by atoms with E-state index in [1.165, 1.54) is 5.56 Å². The van der Waals surface area contributed by atoms with E-state index in [-0.39, 0.29) is 0 Å². The summed E-state index contributed by atoms with van der Waals surface area (Å²) in [5.41, 5.74) is 3.17. The third-order valence-electron chi connectivity index (χ3n) is 2.08. The minimum absolute atomic E-state index is 0.846. The zero-order chi connectivity index (χ0) is 9.26. The van der Waals surface area contributed by atoms with Gasteiger partial charge in [0.15, 0.2) is 5.65 Å². The quantitative estimate of drug-likeness (QED) is 0.700. The topological polar surface area (TPSA) is 30.7 Å². The number of hydrogen-bond acceptors (Lipinski definition) is 2. The lowest BCUT2D eigenvalue weighted by molar-refractivity contribution is 0.697. The molecule has 0 spiro atoms. The number of fused-ring (bicyclic) bond motifs is 1. The van der Waals surface area contributed by atoms with Gasteiger partial charge in [0.1, 0.15) is 0 Å². The van der Waals surface area contributed by atoms with Crippen LogP contribution in [0.5, 0.6) is 0 Å². The monoisotopic (exact) mass is 175 g/mol. The molecule has 0 aliphatic carbocycles. The van der Waals surface area contributed by atoms with Crippen molar-refractivity contribution in [2.24, 2.45) is 0 Å². The second kappa shape index (κ2) is 3.17. The molecule has 2 heterocycles. The fourth-order valence-electron chi connectivity index (χ4n) is 1.46. The van der Waals surface area contributed by atoms with Crippen LogP contribution >= 0.6 is 0 Å². The molecular weight excluding hydrogens is 162 g/mol. The van der Waals surface area contributed by atoms with Crippen LogP contribution < -0.4 is 0 Å². The van der Waals surface area contributed by atoms with Crippen LogP contribution in [0.15, 0.2) is 18.6 Å². The van der Waals surface area contributed by atoms with E-state index in [9.17, 15) is 0 Å². The molecule has 13 heavy (non-hydrogen) atoms. The van der Waals surface area contributed by atoms with E-state index in [1.807, 2.05) is 12.5 Å². The van der Waals surface area contributed by atoms with Crippen molar-refractivity contribution in [3.8, 4) is 0 Å². The lowest BCUT2D eigenvalue weighted by Crippen LogP contribution is -1.94. The lowest BCUT2D eigenvalue weighted by atomic mass is 10.3. The van der Waals surface area contributed by atoms with Crippen molar-refractivity contribution in [2.45, 2.75) is 26.8 Å². The minimum atomic E-state index is 0.846. The molecule has 0 aliphatic rings. The third kappa shape index (κ3) is 1.41. The summed E-state index contributed by atoms with van der Waals surface area (Å²) >= 11 is 0. The standard InChI is InChI=1S/C10H13N3/c1-3-4-13-7-12-10-9(13)5-8(2)6-11-10/h5-7H,3-4H2,1-2H3. The average Bonchev–Trinajstić information content (AvgIpc) is 2.49. The Kier molecular flexibility index (Phi) is 2.00. The van der Waals surface area contributed by atoms with Gasteiger partial charge in [0, 0.05) is 12.7 Å². The zero-order valence-corrected chi connectivity index (χ0v) is 7.99. The highest BCUT2D eigenvalue weighted by Crippen LogP contribution is 2.11. The van der Waals surface area contributed by atoms with Crippen LogP contribution in [0.1, 0.15) is 18.9 Å². The van der Waals surface area contributed by atoms with Gasteiger partial charge in [-0.05, 0) is 25.0 Å². The highest BCUT2D eigenvalue weighted by atomic mass is 15.1. The van der Waals surface area contributed by atoms with Crippen LogP contribution in [0.3, 0.4) is 0 Å². The highest BCUT2D eigenvalue weighted by molar-refractivity contribution is 5.71. The Balaban J connectivity index is 2.58. The van der Waals surface area contributed by atoms with Gasteiger partial charge in [0.25, 0.3) is 0 Å². The second-order valence-electron chi connectivity index (χ2n) is 3.29. The molecule has 0 saturated heterocycles. The maximum Gasteiger partial charge on any atom is 0.177 e. The Morgan fingerprint density at radius 3 is 3.00 bits per heavy atom. The Morgan fingerprint density at radius 2 is 2.23 bits per heavy atom. The van der Waals surface area contributed by atoms with E-state index in [0.29, 0.717) is 0 Å². The van der Waals surface area contributed by atoms with Gasteiger partial charge in [-0.25, -0.2) is 9.97 Å². The van der Waals surface area contributed by atoms with Crippen molar-refractivity contribution in [1.82, 2.24) is 14.5 Å². The smallest absolute Gasteiger partial charge is 0.177 e. The average molecular weight is 175 g/mol. The first-order valence-electron chi connectivity index (χ1n) is 4.58. The second-order valence-corrected chi connectivity index (χ2v) is 3.29. The Morgan fingerprint density at radius 1 is 1.38 bits per heavy atom. The fraction of sp³-hybridized carbons (Fsp3) is 0.400. The van der Waals surface area contributed by atoms with Gasteiger partial charge in [-0.2, -0.15) is 0 Å². The van der Waals surface area contributed by atoms with E-state index < -0.39 is 0 Å². The molecule has 2 rings (SSSR count). The number of aryl methyl sites for hydroxylation is 2. The fourth-order valence-corrected chi connectivity index (χ4v) is 1.46. The molecule has 0 unspecified atom stereocenters. The third-order valence-corrected chi connectivity index (χ3v) is 2.08. The molecule has 0 saturated carbocycles. The van der Waals surface area contributed by atoms with Gasteiger partial charge in [-0.3, -0.25) is 0 Å². The van der Waals surface area contributed by atoms with E-state index in [4.69, 9.17) is 0 Å². The molecule has 0 amide bonds. The van der Waals surface area contributed by atoms with Crippen molar-refractivity contribution in [3.05, 3.63) is 24.2 Å². The van der Waals surface area contributed by atoms with Crippen molar-refractivity contribution in [2.75, 3.05) is 0 Å². The molecule has 0 fully saturated rings. The maximum absolute atomic E-state index is 4.25. The zero-order valence-electron chi connectivity index (χ0n) is 7.99. The van der Waals surface area contributed by atoms with Crippen LogP contribution in [-0.4, -0.2) is 14.5 Å². The van der Waals surface area contributed by atoms with Crippen molar-refractivity contribution < 1.29 is 0 Å². The first-order valence-corrected chi connectivity index (χ1v) is 4.58. The molecule has 2 aromatic heterocycles. The van der Waals surface area contributed by atoms with Gasteiger partial charge in [0.2, 0.25) is 0 Å². The van der Waals surface area contributed by atoms with E-state index in [0.717, 1.165) is 24.1 Å². The summed E-state index contributed by atoms with van der Waals surface area (Å²) in [5, 5.41) is 0. The summed E-state index contributed by atoms with van der Waals surface area (Å²) in [4.78, 5) is 8.48. The summed E-state index contributed by atoms with van der Waals surface area (Å²) in [6, 6.07) is 2.13. The van der Waals surface area contributed by atoms with Gasteiger partial charge in [-0.15, -0.1) is 0 Å². The summed E-state index contributed by atoms with van der Waals surface area (Å²) in [6.07, 6.45) is 4.84. The molecule has 0 bridgehead atoms. The van der Waals surface area contributed by atoms with Crippen LogP contribution in [0, 0.1) is 6.92 Å². The van der Waals surface area contributed by atoms with Gasteiger partial charge in [0.05, 0.1) is 11.8 Å². The van der Waals surface area contributed by atoms with Crippen molar-refractivity contribution in [3.63, 3.8) is 0 Å². The van der Waals surface area contributed by atoms with Crippen LogP contribution in [-0.2, 0) is 6.54 Å². The lowest BCUT2D eigenvalue weighted by Gasteiger charge is -2.00. The highest BCUT2D eigenvalue weighted by Gasteiger charge is 2.01. The van der Waals surface area contributed by atoms with Gasteiger partial charge >= 0.3 is 0 Å². The van der Waals surface area contributed by atoms with Crippen molar-refractivity contribution in [1.29, 1.82) is 0 Å². The normalized spacial score (nSPS) is 10.9. The SMILES string of the molecule is CCCn1cnc2ncc(C)cc21. The van der Waals surface area contributed by atoms with E-state index >= 15 is 0 Å². The predicted molar refractivity (Wildman–Crippen MR) is 52.6 cm³/mol. The largest absolute Gasteiger partial charge is 0.329 e. The molecule has 3 heteroatoms. The van der Waals surface area contributed by atoms with Crippen LogP contribution in [0.25, 0.3) is 11.2 Å². The first-order chi connectivity index (χ1) is 6.31. The predicted octanol–water partition coefficient (Wildman–Crippen LogP) is 2.15. The van der Waals surface area contributed by atoms with Gasteiger partial charge < -0.3 is 4.57 Å². The molecule has 2 aromatic rings. The summed E-state index contributed by atoms with van der Waals surface area (Å²) < 4.78 is 2.15. The maximum atomic E-state index is 4.25.